The lowest BCUT2D eigenvalue weighted by molar-refractivity contribution is 0.203. The molecule has 0 saturated heterocycles. The Balaban J connectivity index is 2.38. The predicted molar refractivity (Wildman–Crippen MR) is 84.2 cm³/mol. The fourth-order valence-corrected chi connectivity index (χ4v) is 3.36. The van der Waals surface area contributed by atoms with Crippen LogP contribution in [0.4, 0.5) is 0 Å². The van der Waals surface area contributed by atoms with E-state index in [0.29, 0.717) is 0 Å². The van der Waals surface area contributed by atoms with Crippen LogP contribution < -0.4 is 0 Å². The molecule has 0 aromatic heterocycles. The molecular weight excluding hydrogens is 340 g/mol. The van der Waals surface area contributed by atoms with Gasteiger partial charge in [0.1, 0.15) is 0 Å². The van der Waals surface area contributed by atoms with Crippen molar-refractivity contribution in [2.24, 2.45) is 5.41 Å². The summed E-state index contributed by atoms with van der Waals surface area (Å²) in [6.07, 6.45) is 0. The van der Waals surface area contributed by atoms with Gasteiger partial charge in [0.15, 0.2) is 0 Å². The summed E-state index contributed by atoms with van der Waals surface area (Å²) >= 11 is 3.45. The number of hydrogen-bond acceptors (Lipinski definition) is 3. The van der Waals surface area contributed by atoms with E-state index in [1.54, 1.807) is 18.2 Å². The van der Waals surface area contributed by atoms with E-state index in [0.717, 1.165) is 15.2 Å². The highest BCUT2D eigenvalue weighted by Gasteiger charge is 2.20. The molecular formula is C15H17BrO3S. The molecule has 0 saturated carbocycles. The number of fused-ring (bicyclic) bond motifs is 1. The Hall–Kier alpha value is -0.910. The van der Waals surface area contributed by atoms with Crippen LogP contribution >= 0.6 is 15.9 Å². The maximum absolute atomic E-state index is 12.2. The predicted octanol–water partition coefficient (Wildman–Crippen LogP) is 4.35. The zero-order valence-corrected chi connectivity index (χ0v) is 14.1. The van der Waals surface area contributed by atoms with Crippen molar-refractivity contribution in [3.05, 3.63) is 40.9 Å². The van der Waals surface area contributed by atoms with Gasteiger partial charge in [0.2, 0.25) is 0 Å². The molecule has 0 fully saturated rings. The van der Waals surface area contributed by atoms with Crippen molar-refractivity contribution in [3.8, 4) is 0 Å². The Morgan fingerprint density at radius 1 is 1.15 bits per heavy atom. The second-order valence-corrected chi connectivity index (χ2v) is 8.37. The number of rotatable bonds is 3. The normalized spacial score (nSPS) is 12.8. The summed E-state index contributed by atoms with van der Waals surface area (Å²) in [6, 6.07) is 10.7. The molecule has 0 unspecified atom stereocenters. The van der Waals surface area contributed by atoms with Gasteiger partial charge in [0.05, 0.1) is 11.5 Å². The van der Waals surface area contributed by atoms with Crippen molar-refractivity contribution in [1.29, 1.82) is 0 Å². The number of halogens is 1. The fourth-order valence-electron chi connectivity index (χ4n) is 1.70. The molecule has 3 nitrogen and oxygen atoms in total. The third kappa shape index (κ3) is 3.59. The average Bonchev–Trinajstić information content (AvgIpc) is 2.36. The van der Waals surface area contributed by atoms with Gasteiger partial charge in [-0.2, -0.15) is 8.42 Å². The van der Waals surface area contributed by atoms with Crippen LogP contribution in [0.5, 0.6) is 0 Å². The average molecular weight is 357 g/mol. The molecule has 0 heterocycles. The molecule has 5 heteroatoms. The number of benzene rings is 2. The van der Waals surface area contributed by atoms with E-state index in [9.17, 15) is 8.42 Å². The van der Waals surface area contributed by atoms with Gasteiger partial charge in [0, 0.05) is 4.47 Å². The molecule has 0 aliphatic rings. The van der Waals surface area contributed by atoms with Gasteiger partial charge in [-0.15, -0.1) is 0 Å². The fraction of sp³-hybridized carbons (Fsp3) is 0.333. The SMILES string of the molecule is CC(C)(C)COS(=O)(=O)c1ccc2c(Br)cccc2c1. The van der Waals surface area contributed by atoms with Crippen molar-refractivity contribution < 1.29 is 12.6 Å². The second kappa shape index (κ2) is 5.47. The van der Waals surface area contributed by atoms with Crippen LogP contribution in [0.15, 0.2) is 45.8 Å². The van der Waals surface area contributed by atoms with Gasteiger partial charge < -0.3 is 0 Å². The Morgan fingerprint density at radius 3 is 2.50 bits per heavy atom. The summed E-state index contributed by atoms with van der Waals surface area (Å²) in [5, 5.41) is 1.84. The third-order valence-corrected chi connectivity index (χ3v) is 4.69. The van der Waals surface area contributed by atoms with Crippen molar-refractivity contribution in [3.63, 3.8) is 0 Å². The van der Waals surface area contributed by atoms with Crippen molar-refractivity contribution in [2.75, 3.05) is 6.61 Å². The molecule has 2 rings (SSSR count). The van der Waals surface area contributed by atoms with Crippen molar-refractivity contribution >= 4 is 36.8 Å². The lowest BCUT2D eigenvalue weighted by Gasteiger charge is -2.17. The Kier molecular flexibility index (Phi) is 4.23. The first-order valence-electron chi connectivity index (χ1n) is 6.27. The first kappa shape index (κ1) is 15.5. The summed E-state index contributed by atoms with van der Waals surface area (Å²) in [7, 11) is -3.71. The quantitative estimate of drug-likeness (QED) is 0.767. The van der Waals surface area contributed by atoms with Crippen LogP contribution in [-0.2, 0) is 14.3 Å². The molecule has 0 N–H and O–H groups in total. The first-order valence-corrected chi connectivity index (χ1v) is 8.47. The largest absolute Gasteiger partial charge is 0.297 e. The molecule has 0 spiro atoms. The van der Waals surface area contributed by atoms with Crippen LogP contribution in [0.1, 0.15) is 20.8 Å². The van der Waals surface area contributed by atoms with Crippen LogP contribution in [0.25, 0.3) is 10.8 Å². The Bertz CT molecular complexity index is 730. The third-order valence-electron chi connectivity index (χ3n) is 2.73. The number of hydrogen-bond donors (Lipinski definition) is 0. The van der Waals surface area contributed by atoms with E-state index in [1.807, 2.05) is 39.0 Å². The molecule has 0 amide bonds. The van der Waals surface area contributed by atoms with Gasteiger partial charge in [-0.1, -0.05) is 54.9 Å². The summed E-state index contributed by atoms with van der Waals surface area (Å²) in [4.78, 5) is 0.187. The van der Waals surface area contributed by atoms with E-state index >= 15 is 0 Å². The Labute approximate surface area is 128 Å². The highest BCUT2D eigenvalue weighted by molar-refractivity contribution is 9.10. The van der Waals surface area contributed by atoms with E-state index in [-0.39, 0.29) is 16.9 Å². The summed E-state index contributed by atoms with van der Waals surface area (Å²) < 4.78 is 30.4. The van der Waals surface area contributed by atoms with E-state index in [2.05, 4.69) is 15.9 Å². The minimum Gasteiger partial charge on any atom is -0.266 e. The standard InChI is InChI=1S/C15H17BrO3S/c1-15(2,3)10-19-20(17,18)12-7-8-13-11(9-12)5-4-6-14(13)16/h4-9H,10H2,1-3H3. The van der Waals surface area contributed by atoms with Crippen LogP contribution in [-0.4, -0.2) is 15.0 Å². The van der Waals surface area contributed by atoms with Gasteiger partial charge in [0.25, 0.3) is 10.1 Å². The van der Waals surface area contributed by atoms with Crippen molar-refractivity contribution in [1.82, 2.24) is 0 Å². The molecule has 20 heavy (non-hydrogen) atoms. The van der Waals surface area contributed by atoms with Gasteiger partial charge in [-0.05, 0) is 34.4 Å². The lowest BCUT2D eigenvalue weighted by Crippen LogP contribution is -2.18. The zero-order chi connectivity index (χ0) is 15.0. The molecule has 0 aliphatic heterocycles. The second-order valence-electron chi connectivity index (χ2n) is 5.90. The molecule has 0 bridgehead atoms. The molecule has 2 aromatic rings. The van der Waals surface area contributed by atoms with Crippen LogP contribution in [0.2, 0.25) is 0 Å². The highest BCUT2D eigenvalue weighted by Crippen LogP contribution is 2.27. The minimum atomic E-state index is -3.71. The maximum Gasteiger partial charge on any atom is 0.297 e. The van der Waals surface area contributed by atoms with Gasteiger partial charge in [-0.25, -0.2) is 0 Å². The van der Waals surface area contributed by atoms with E-state index < -0.39 is 10.1 Å². The topological polar surface area (TPSA) is 43.4 Å². The summed E-state index contributed by atoms with van der Waals surface area (Å²) in [5.74, 6) is 0. The van der Waals surface area contributed by atoms with E-state index in [1.165, 1.54) is 0 Å². The van der Waals surface area contributed by atoms with Gasteiger partial charge in [-0.3, -0.25) is 4.18 Å². The molecule has 108 valence electrons. The molecule has 2 aromatic carbocycles. The minimum absolute atomic E-state index is 0.159. The first-order chi connectivity index (χ1) is 9.19. The van der Waals surface area contributed by atoms with Gasteiger partial charge >= 0.3 is 0 Å². The van der Waals surface area contributed by atoms with Crippen LogP contribution in [0, 0.1) is 5.41 Å². The molecule has 0 aliphatic carbocycles. The molecule has 0 atom stereocenters. The van der Waals surface area contributed by atoms with E-state index in [4.69, 9.17) is 4.18 Å². The lowest BCUT2D eigenvalue weighted by atomic mass is 9.99. The van der Waals surface area contributed by atoms with Crippen molar-refractivity contribution in [2.45, 2.75) is 25.7 Å². The molecule has 0 radical (unpaired) electrons. The highest BCUT2D eigenvalue weighted by atomic mass is 79.9. The van der Waals surface area contributed by atoms with Crippen LogP contribution in [0.3, 0.4) is 0 Å². The monoisotopic (exact) mass is 356 g/mol. The summed E-state index contributed by atoms with van der Waals surface area (Å²) in [5.41, 5.74) is -0.201. The zero-order valence-electron chi connectivity index (χ0n) is 11.7. The summed E-state index contributed by atoms with van der Waals surface area (Å²) in [6.45, 7) is 5.95. The smallest absolute Gasteiger partial charge is 0.266 e. The maximum atomic E-state index is 12.2. The Morgan fingerprint density at radius 2 is 1.85 bits per heavy atom.